The summed E-state index contributed by atoms with van der Waals surface area (Å²) in [5.74, 6) is 0.294. The summed E-state index contributed by atoms with van der Waals surface area (Å²) in [6.45, 7) is 0.406. The molecular formula is C28H25F3N2O3. The van der Waals surface area contributed by atoms with Crippen molar-refractivity contribution in [2.45, 2.75) is 25.1 Å². The number of rotatable bonds is 6. The molecule has 0 aromatic heterocycles. The Kier molecular flexibility index (Phi) is 6.43. The highest BCUT2D eigenvalue weighted by molar-refractivity contribution is 6.05. The molecule has 36 heavy (non-hydrogen) atoms. The van der Waals surface area contributed by atoms with Gasteiger partial charge in [0.05, 0.1) is 36.5 Å². The number of fused-ring (bicyclic) bond motifs is 3. The molecule has 8 heteroatoms. The summed E-state index contributed by atoms with van der Waals surface area (Å²) in [6.07, 6.45) is -2.54. The number of ether oxygens (including phenoxy) is 2. The second-order valence-electron chi connectivity index (χ2n) is 8.88. The molecule has 1 heterocycles. The quantitative estimate of drug-likeness (QED) is 0.401. The molecule has 2 atom stereocenters. The van der Waals surface area contributed by atoms with E-state index >= 15 is 0 Å². The van der Waals surface area contributed by atoms with Crippen molar-refractivity contribution >= 4 is 11.7 Å². The Morgan fingerprint density at radius 1 is 1.03 bits per heavy atom. The van der Waals surface area contributed by atoms with E-state index in [0.29, 0.717) is 6.54 Å². The van der Waals surface area contributed by atoms with Crippen LogP contribution in [0.15, 0.2) is 77.9 Å². The first kappa shape index (κ1) is 23.9. The predicted molar refractivity (Wildman–Crippen MR) is 129 cm³/mol. The zero-order chi connectivity index (χ0) is 25.3. The predicted octanol–water partition coefficient (Wildman–Crippen LogP) is 5.89. The van der Waals surface area contributed by atoms with Gasteiger partial charge in [0.15, 0.2) is 0 Å². The summed E-state index contributed by atoms with van der Waals surface area (Å²) in [4.78, 5) is 12.4. The molecule has 0 saturated carbocycles. The molecule has 5 nitrogen and oxygen atoms in total. The number of hydrazone groups is 1. The lowest BCUT2D eigenvalue weighted by molar-refractivity contribution is -0.137. The van der Waals surface area contributed by atoms with Gasteiger partial charge >= 0.3 is 12.1 Å². The van der Waals surface area contributed by atoms with Crippen LogP contribution in [0.4, 0.5) is 13.2 Å². The largest absolute Gasteiger partial charge is 0.497 e. The molecule has 0 radical (unpaired) electrons. The molecular weight excluding hydrogens is 469 g/mol. The maximum Gasteiger partial charge on any atom is 0.416 e. The maximum absolute atomic E-state index is 12.8. The highest BCUT2D eigenvalue weighted by Crippen LogP contribution is 2.43. The van der Waals surface area contributed by atoms with Crippen LogP contribution in [0.5, 0.6) is 5.75 Å². The Morgan fingerprint density at radius 3 is 2.44 bits per heavy atom. The lowest BCUT2D eigenvalue weighted by atomic mass is 9.77. The Balaban J connectivity index is 1.33. The fourth-order valence-corrected chi connectivity index (χ4v) is 4.98. The minimum absolute atomic E-state index is 0.0240. The van der Waals surface area contributed by atoms with Gasteiger partial charge in [-0.3, -0.25) is 5.01 Å². The lowest BCUT2D eigenvalue weighted by Crippen LogP contribution is -2.30. The summed E-state index contributed by atoms with van der Waals surface area (Å²) >= 11 is 0. The van der Waals surface area contributed by atoms with Gasteiger partial charge in [0.2, 0.25) is 0 Å². The number of aryl methyl sites for hydroxylation is 1. The molecule has 1 aliphatic heterocycles. The van der Waals surface area contributed by atoms with E-state index < -0.39 is 17.7 Å². The number of hydrogen-bond donors (Lipinski definition) is 0. The van der Waals surface area contributed by atoms with Crippen LogP contribution < -0.4 is 4.74 Å². The van der Waals surface area contributed by atoms with Crippen LogP contribution in [0.25, 0.3) is 0 Å². The first-order valence-electron chi connectivity index (χ1n) is 11.8. The molecule has 0 spiro atoms. The van der Waals surface area contributed by atoms with Crippen molar-refractivity contribution in [3.8, 4) is 5.75 Å². The number of alkyl halides is 3. The monoisotopic (exact) mass is 494 g/mol. The molecule has 0 bridgehead atoms. The van der Waals surface area contributed by atoms with E-state index in [1.165, 1.54) is 5.56 Å². The van der Waals surface area contributed by atoms with Crippen molar-refractivity contribution in [1.29, 1.82) is 0 Å². The normalized spacial score (nSPS) is 18.8. The average molecular weight is 495 g/mol. The molecule has 0 N–H and O–H groups in total. The Morgan fingerprint density at radius 2 is 1.75 bits per heavy atom. The maximum atomic E-state index is 12.8. The van der Waals surface area contributed by atoms with Crippen molar-refractivity contribution < 1.29 is 27.4 Å². The van der Waals surface area contributed by atoms with E-state index in [-0.39, 0.29) is 24.1 Å². The van der Waals surface area contributed by atoms with Gasteiger partial charge in [-0.25, -0.2) is 4.79 Å². The van der Waals surface area contributed by atoms with Crippen molar-refractivity contribution in [3.05, 3.63) is 101 Å². The van der Waals surface area contributed by atoms with Gasteiger partial charge in [0.1, 0.15) is 12.4 Å². The third-order valence-electron chi connectivity index (χ3n) is 6.77. The number of nitrogens with zero attached hydrogens (tertiary/aromatic N) is 2. The van der Waals surface area contributed by atoms with Crippen LogP contribution in [-0.4, -0.2) is 37.0 Å². The molecule has 0 fully saturated rings. The number of carbonyl (C=O) groups excluding carboxylic acids is 1. The number of carbonyl (C=O) groups is 1. The SMILES string of the molecule is COc1ccc([C@H]2[C@H]3CCc4ccccc4C3=NN2CCOC(=O)c2ccc(C(F)(F)F)cc2)cc1. The van der Waals surface area contributed by atoms with Gasteiger partial charge in [0.25, 0.3) is 0 Å². The van der Waals surface area contributed by atoms with Gasteiger partial charge < -0.3 is 9.47 Å². The van der Waals surface area contributed by atoms with E-state index in [2.05, 4.69) is 12.1 Å². The lowest BCUT2D eigenvalue weighted by Gasteiger charge is -2.30. The van der Waals surface area contributed by atoms with Crippen molar-refractivity contribution in [2.75, 3.05) is 20.3 Å². The molecule has 5 rings (SSSR count). The smallest absolute Gasteiger partial charge is 0.416 e. The summed E-state index contributed by atoms with van der Waals surface area (Å²) in [5, 5.41) is 6.92. The van der Waals surface area contributed by atoms with Crippen molar-refractivity contribution in [2.24, 2.45) is 11.0 Å². The van der Waals surface area contributed by atoms with Crippen LogP contribution in [-0.2, 0) is 17.3 Å². The molecule has 2 aliphatic rings. The van der Waals surface area contributed by atoms with Gasteiger partial charge in [0, 0.05) is 11.5 Å². The molecule has 0 unspecified atom stereocenters. The van der Waals surface area contributed by atoms with Crippen LogP contribution in [0.1, 0.15) is 45.1 Å². The highest BCUT2D eigenvalue weighted by atomic mass is 19.4. The van der Waals surface area contributed by atoms with E-state index in [0.717, 1.165) is 59.7 Å². The van der Waals surface area contributed by atoms with E-state index in [9.17, 15) is 18.0 Å². The second-order valence-corrected chi connectivity index (χ2v) is 8.88. The minimum atomic E-state index is -4.46. The first-order valence-corrected chi connectivity index (χ1v) is 11.8. The molecule has 3 aromatic carbocycles. The number of methoxy groups -OCH3 is 1. The fraction of sp³-hybridized carbons (Fsp3) is 0.286. The Labute approximate surface area is 207 Å². The van der Waals surface area contributed by atoms with Gasteiger partial charge in [-0.15, -0.1) is 0 Å². The van der Waals surface area contributed by atoms with Crippen molar-refractivity contribution in [3.63, 3.8) is 0 Å². The third-order valence-corrected chi connectivity index (χ3v) is 6.77. The van der Waals surface area contributed by atoms with Crippen LogP contribution in [0.2, 0.25) is 0 Å². The van der Waals surface area contributed by atoms with E-state index in [1.54, 1.807) is 7.11 Å². The molecule has 0 amide bonds. The Bertz CT molecular complexity index is 1270. The van der Waals surface area contributed by atoms with E-state index in [4.69, 9.17) is 14.6 Å². The number of hydrogen-bond acceptors (Lipinski definition) is 5. The fourth-order valence-electron chi connectivity index (χ4n) is 4.98. The average Bonchev–Trinajstić information content (AvgIpc) is 3.27. The van der Waals surface area contributed by atoms with E-state index in [1.807, 2.05) is 41.4 Å². The summed E-state index contributed by atoms with van der Waals surface area (Å²) in [5.41, 5.74) is 3.81. The zero-order valence-corrected chi connectivity index (χ0v) is 19.7. The second kappa shape index (κ2) is 9.68. The molecule has 186 valence electrons. The summed E-state index contributed by atoms with van der Waals surface area (Å²) in [7, 11) is 1.63. The number of esters is 1. The van der Waals surface area contributed by atoms with Crippen LogP contribution in [0, 0.1) is 5.92 Å². The first-order chi connectivity index (χ1) is 17.3. The minimum Gasteiger partial charge on any atom is -0.497 e. The molecule has 3 aromatic rings. The van der Waals surface area contributed by atoms with Crippen LogP contribution >= 0.6 is 0 Å². The highest BCUT2D eigenvalue weighted by Gasteiger charge is 2.41. The number of halogens is 3. The third kappa shape index (κ3) is 4.67. The zero-order valence-electron chi connectivity index (χ0n) is 19.7. The van der Waals surface area contributed by atoms with Gasteiger partial charge in [-0.2, -0.15) is 18.3 Å². The topological polar surface area (TPSA) is 51.1 Å². The summed E-state index contributed by atoms with van der Waals surface area (Å²) < 4.78 is 49.1. The van der Waals surface area contributed by atoms with Gasteiger partial charge in [-0.05, 0) is 60.4 Å². The molecule has 0 saturated heterocycles. The summed E-state index contributed by atoms with van der Waals surface area (Å²) in [6, 6.07) is 20.2. The van der Waals surface area contributed by atoms with Gasteiger partial charge in [-0.1, -0.05) is 36.4 Å². The number of benzene rings is 3. The van der Waals surface area contributed by atoms with Crippen molar-refractivity contribution in [1.82, 2.24) is 5.01 Å². The standard InChI is InChI=1S/C28H25F3N2O3/c1-35-22-13-8-19(9-14-22)26-24-15-10-18-4-2-3-5-23(18)25(24)32-33(26)16-17-36-27(34)20-6-11-21(12-7-20)28(29,30)31/h2-9,11-14,24,26H,10,15-17H2,1H3/t24-,26-/m0/s1. The Hall–Kier alpha value is -3.81. The molecule has 1 aliphatic carbocycles. The van der Waals surface area contributed by atoms with Crippen LogP contribution in [0.3, 0.4) is 0 Å².